The molecule has 0 saturated heterocycles. The summed E-state index contributed by atoms with van der Waals surface area (Å²) in [4.78, 5) is 16.8. The molecule has 0 aliphatic rings. The fourth-order valence-corrected chi connectivity index (χ4v) is 3.04. The summed E-state index contributed by atoms with van der Waals surface area (Å²) in [6, 6.07) is 18.0. The molecular formula is C24H19N3O3. The summed E-state index contributed by atoms with van der Waals surface area (Å²) in [5.41, 5.74) is 3.69. The molecule has 30 heavy (non-hydrogen) atoms. The molecule has 0 atom stereocenters. The minimum atomic E-state index is -0.210. The zero-order valence-electron chi connectivity index (χ0n) is 16.3. The van der Waals surface area contributed by atoms with Gasteiger partial charge in [-0.2, -0.15) is 5.10 Å². The third kappa shape index (κ3) is 3.98. The molecule has 0 aliphatic heterocycles. The second kappa shape index (κ2) is 8.45. The molecule has 0 amide bonds. The summed E-state index contributed by atoms with van der Waals surface area (Å²) in [7, 11) is 1.44. The van der Waals surface area contributed by atoms with Crippen LogP contribution in [0.1, 0.15) is 15.9 Å². The minimum absolute atomic E-state index is 0.0129. The highest BCUT2D eigenvalue weighted by Gasteiger charge is 2.12. The number of phenolic OH excluding ortho intramolecular Hbond substituents is 1. The number of pyridine rings is 1. The number of hydrogen-bond acceptors (Lipinski definition) is 5. The van der Waals surface area contributed by atoms with E-state index >= 15 is 0 Å². The Bertz CT molecular complexity index is 1200. The number of nitrogens with zero attached hydrogens (tertiary/aromatic N) is 3. The van der Waals surface area contributed by atoms with Crippen LogP contribution in [0.15, 0.2) is 85.3 Å². The SMILES string of the molecule is COc1cc(C(=O)/C=C/c2cn(-c3ccccc3)nc2-c2cccnc2)ccc1O. The zero-order chi connectivity index (χ0) is 20.9. The highest BCUT2D eigenvalue weighted by Crippen LogP contribution is 2.27. The molecule has 2 heterocycles. The van der Waals surface area contributed by atoms with Crippen LogP contribution in [0.4, 0.5) is 0 Å². The van der Waals surface area contributed by atoms with E-state index in [1.165, 1.54) is 25.3 Å². The van der Waals surface area contributed by atoms with Gasteiger partial charge in [-0.15, -0.1) is 0 Å². The number of ketones is 1. The molecule has 0 bridgehead atoms. The van der Waals surface area contributed by atoms with Crippen LogP contribution in [0.25, 0.3) is 23.0 Å². The molecule has 6 nitrogen and oxygen atoms in total. The summed E-state index contributed by atoms with van der Waals surface area (Å²) >= 11 is 0. The molecule has 0 radical (unpaired) electrons. The second-order valence-corrected chi connectivity index (χ2v) is 6.54. The summed E-state index contributed by atoms with van der Waals surface area (Å²) < 4.78 is 6.86. The molecule has 2 aromatic heterocycles. The Balaban J connectivity index is 1.70. The van der Waals surface area contributed by atoms with Gasteiger partial charge in [-0.25, -0.2) is 4.68 Å². The molecule has 0 unspecified atom stereocenters. The fourth-order valence-electron chi connectivity index (χ4n) is 3.04. The first kappa shape index (κ1) is 19.1. The maximum absolute atomic E-state index is 12.7. The van der Waals surface area contributed by atoms with E-state index in [2.05, 4.69) is 4.98 Å². The first-order valence-electron chi connectivity index (χ1n) is 9.30. The van der Waals surface area contributed by atoms with Gasteiger partial charge in [0.15, 0.2) is 17.3 Å². The van der Waals surface area contributed by atoms with Gasteiger partial charge in [-0.3, -0.25) is 9.78 Å². The number of carbonyl (C=O) groups excluding carboxylic acids is 1. The Hall–Kier alpha value is -4.19. The number of aromatic nitrogens is 3. The number of methoxy groups -OCH3 is 1. The Morgan fingerprint density at radius 1 is 1.10 bits per heavy atom. The minimum Gasteiger partial charge on any atom is -0.504 e. The van der Waals surface area contributed by atoms with Crippen molar-refractivity contribution in [2.75, 3.05) is 7.11 Å². The number of allylic oxidation sites excluding steroid dienone is 1. The summed E-state index contributed by atoms with van der Waals surface area (Å²) in [5, 5.41) is 14.4. The number of para-hydroxylation sites is 1. The number of ether oxygens (including phenoxy) is 1. The first-order chi connectivity index (χ1) is 14.7. The van der Waals surface area contributed by atoms with Gasteiger partial charge in [0, 0.05) is 35.3 Å². The lowest BCUT2D eigenvalue weighted by Crippen LogP contribution is -1.95. The number of hydrogen-bond donors (Lipinski definition) is 1. The van der Waals surface area contributed by atoms with E-state index in [-0.39, 0.29) is 17.3 Å². The topological polar surface area (TPSA) is 77.2 Å². The average Bonchev–Trinajstić information content (AvgIpc) is 3.23. The van der Waals surface area contributed by atoms with Gasteiger partial charge in [-0.1, -0.05) is 18.2 Å². The number of rotatable bonds is 6. The number of benzene rings is 2. The van der Waals surface area contributed by atoms with E-state index in [9.17, 15) is 9.90 Å². The van der Waals surface area contributed by atoms with Crippen LogP contribution in [-0.4, -0.2) is 32.8 Å². The van der Waals surface area contributed by atoms with Crippen molar-refractivity contribution in [3.8, 4) is 28.4 Å². The summed E-state index contributed by atoms with van der Waals surface area (Å²) in [5.74, 6) is 0.0288. The zero-order valence-corrected chi connectivity index (χ0v) is 16.3. The van der Waals surface area contributed by atoms with Crippen molar-refractivity contribution < 1.29 is 14.6 Å². The van der Waals surface area contributed by atoms with Gasteiger partial charge in [-0.05, 0) is 54.6 Å². The summed E-state index contributed by atoms with van der Waals surface area (Å²) in [6.45, 7) is 0. The van der Waals surface area contributed by atoms with Gasteiger partial charge in [0.2, 0.25) is 0 Å². The van der Waals surface area contributed by atoms with Crippen LogP contribution in [0.5, 0.6) is 11.5 Å². The number of aromatic hydroxyl groups is 1. The van der Waals surface area contributed by atoms with E-state index in [1.54, 1.807) is 29.2 Å². The highest BCUT2D eigenvalue weighted by molar-refractivity contribution is 6.07. The third-order valence-corrected chi connectivity index (χ3v) is 4.58. The highest BCUT2D eigenvalue weighted by atomic mass is 16.5. The quantitative estimate of drug-likeness (QED) is 0.382. The van der Waals surface area contributed by atoms with Crippen molar-refractivity contribution in [2.24, 2.45) is 0 Å². The van der Waals surface area contributed by atoms with Crippen LogP contribution >= 0.6 is 0 Å². The largest absolute Gasteiger partial charge is 0.504 e. The first-order valence-corrected chi connectivity index (χ1v) is 9.30. The molecule has 0 spiro atoms. The Kier molecular flexibility index (Phi) is 5.39. The van der Waals surface area contributed by atoms with Crippen LogP contribution in [-0.2, 0) is 0 Å². The van der Waals surface area contributed by atoms with Crippen molar-refractivity contribution in [1.29, 1.82) is 0 Å². The molecule has 4 rings (SSSR count). The van der Waals surface area contributed by atoms with E-state index in [0.29, 0.717) is 5.56 Å². The molecule has 0 saturated carbocycles. The molecule has 0 aliphatic carbocycles. The Morgan fingerprint density at radius 2 is 1.93 bits per heavy atom. The van der Waals surface area contributed by atoms with E-state index in [4.69, 9.17) is 9.84 Å². The van der Waals surface area contributed by atoms with Crippen molar-refractivity contribution >= 4 is 11.9 Å². The van der Waals surface area contributed by atoms with Crippen LogP contribution in [0.3, 0.4) is 0 Å². The standard InChI is InChI=1S/C24H19N3O3/c1-30-23-14-17(9-12-22(23)29)21(28)11-10-19-16-27(20-7-3-2-4-8-20)26-24(19)18-6-5-13-25-15-18/h2-16,29H,1H3/b11-10+. The van der Waals surface area contributed by atoms with Crippen molar-refractivity contribution in [2.45, 2.75) is 0 Å². The molecule has 0 fully saturated rings. The van der Waals surface area contributed by atoms with Crippen LogP contribution in [0, 0.1) is 0 Å². The molecule has 6 heteroatoms. The Labute approximate surface area is 173 Å². The lowest BCUT2D eigenvalue weighted by atomic mass is 10.1. The maximum Gasteiger partial charge on any atom is 0.185 e. The third-order valence-electron chi connectivity index (χ3n) is 4.58. The summed E-state index contributed by atoms with van der Waals surface area (Å²) in [6.07, 6.45) is 8.53. The van der Waals surface area contributed by atoms with E-state index < -0.39 is 0 Å². The van der Waals surface area contributed by atoms with Gasteiger partial charge >= 0.3 is 0 Å². The second-order valence-electron chi connectivity index (χ2n) is 6.54. The van der Waals surface area contributed by atoms with Crippen LogP contribution < -0.4 is 4.74 Å². The lowest BCUT2D eigenvalue weighted by molar-refractivity contribution is 0.104. The van der Waals surface area contributed by atoms with Crippen LogP contribution in [0.2, 0.25) is 0 Å². The van der Waals surface area contributed by atoms with Gasteiger partial charge in [0.1, 0.15) is 5.69 Å². The van der Waals surface area contributed by atoms with E-state index in [0.717, 1.165) is 22.5 Å². The predicted molar refractivity (Wildman–Crippen MR) is 115 cm³/mol. The molecular weight excluding hydrogens is 378 g/mol. The lowest BCUT2D eigenvalue weighted by Gasteiger charge is -2.04. The maximum atomic E-state index is 12.7. The predicted octanol–water partition coefficient (Wildman–Crippen LogP) is 4.54. The van der Waals surface area contributed by atoms with Gasteiger partial charge < -0.3 is 9.84 Å². The van der Waals surface area contributed by atoms with Crippen molar-refractivity contribution in [3.63, 3.8) is 0 Å². The van der Waals surface area contributed by atoms with Gasteiger partial charge in [0.05, 0.1) is 12.8 Å². The normalized spacial score (nSPS) is 11.0. The average molecular weight is 397 g/mol. The molecule has 148 valence electrons. The smallest absolute Gasteiger partial charge is 0.185 e. The monoisotopic (exact) mass is 397 g/mol. The van der Waals surface area contributed by atoms with E-state index in [1.807, 2.05) is 48.7 Å². The molecule has 1 N–H and O–H groups in total. The number of carbonyl (C=O) groups is 1. The number of phenols is 1. The Morgan fingerprint density at radius 3 is 2.67 bits per heavy atom. The van der Waals surface area contributed by atoms with Crippen molar-refractivity contribution in [3.05, 3.63) is 96.5 Å². The molecule has 2 aromatic carbocycles. The fraction of sp³-hybridized carbons (Fsp3) is 0.0417. The van der Waals surface area contributed by atoms with Crippen molar-refractivity contribution in [1.82, 2.24) is 14.8 Å². The molecule has 4 aromatic rings. The van der Waals surface area contributed by atoms with Gasteiger partial charge in [0.25, 0.3) is 0 Å².